The van der Waals surface area contributed by atoms with Gasteiger partial charge in [-0.3, -0.25) is 4.98 Å². The Morgan fingerprint density at radius 2 is 1.70 bits per heavy atom. The Bertz CT molecular complexity index is 1080. The monoisotopic (exact) mass is 353 g/mol. The molecule has 2 aromatic carbocycles. The fraction of sp³-hybridized carbons (Fsp3) is 0.0455. The molecule has 0 radical (unpaired) electrons. The highest BCUT2D eigenvalue weighted by atomic mass is 16.5. The van der Waals surface area contributed by atoms with Crippen molar-refractivity contribution in [3.63, 3.8) is 0 Å². The first-order valence-electron chi connectivity index (χ1n) is 8.40. The molecule has 5 nitrogen and oxygen atoms in total. The number of nitrogens with zero attached hydrogens (tertiary/aromatic N) is 3. The third kappa shape index (κ3) is 4.20. The quantitative estimate of drug-likeness (QED) is 0.517. The molecule has 0 amide bonds. The molecular formula is C22H15N3O2. The fourth-order valence-electron chi connectivity index (χ4n) is 2.45. The van der Waals surface area contributed by atoms with Crippen LogP contribution in [0.3, 0.4) is 0 Å². The van der Waals surface area contributed by atoms with E-state index < -0.39 is 0 Å². The highest BCUT2D eigenvalue weighted by molar-refractivity contribution is 5.62. The van der Waals surface area contributed by atoms with Crippen molar-refractivity contribution in [2.45, 2.75) is 6.61 Å². The summed E-state index contributed by atoms with van der Waals surface area (Å²) in [4.78, 5) is 4.02. The molecule has 0 fully saturated rings. The van der Waals surface area contributed by atoms with Crippen LogP contribution >= 0.6 is 0 Å². The number of hydrogen-bond acceptors (Lipinski definition) is 5. The van der Waals surface area contributed by atoms with Crippen molar-refractivity contribution in [1.82, 2.24) is 15.2 Å². The maximum absolute atomic E-state index is 5.94. The predicted octanol–water partition coefficient (Wildman–Crippen LogP) is 4.11. The zero-order valence-electron chi connectivity index (χ0n) is 14.4. The summed E-state index contributed by atoms with van der Waals surface area (Å²) in [6.45, 7) is 0.458. The van der Waals surface area contributed by atoms with Gasteiger partial charge in [0, 0.05) is 18.0 Å². The summed E-state index contributed by atoms with van der Waals surface area (Å²) < 4.78 is 11.6. The number of para-hydroxylation sites is 1. The van der Waals surface area contributed by atoms with Gasteiger partial charge in [-0.05, 0) is 35.7 Å². The Labute approximate surface area is 156 Å². The minimum absolute atomic E-state index is 0.242. The minimum atomic E-state index is 0.242. The van der Waals surface area contributed by atoms with Crippen LogP contribution in [0.4, 0.5) is 0 Å². The Morgan fingerprint density at radius 1 is 0.852 bits per heavy atom. The van der Waals surface area contributed by atoms with Gasteiger partial charge < -0.3 is 9.15 Å². The first kappa shape index (κ1) is 16.6. The summed E-state index contributed by atoms with van der Waals surface area (Å²) in [5, 5.41) is 8.10. The second-order valence-corrected chi connectivity index (χ2v) is 5.67. The Morgan fingerprint density at radius 3 is 2.56 bits per heavy atom. The van der Waals surface area contributed by atoms with Crippen molar-refractivity contribution in [3.8, 4) is 29.0 Å². The van der Waals surface area contributed by atoms with E-state index in [1.54, 1.807) is 12.4 Å². The molecule has 0 saturated heterocycles. The van der Waals surface area contributed by atoms with Gasteiger partial charge in [-0.2, -0.15) is 0 Å². The van der Waals surface area contributed by atoms with Gasteiger partial charge in [0.25, 0.3) is 11.8 Å². The van der Waals surface area contributed by atoms with E-state index in [0.717, 1.165) is 16.7 Å². The van der Waals surface area contributed by atoms with E-state index in [1.165, 1.54) is 0 Å². The summed E-state index contributed by atoms with van der Waals surface area (Å²) in [7, 11) is 0. The normalized spacial score (nSPS) is 10.1. The van der Waals surface area contributed by atoms with Gasteiger partial charge in [-0.25, -0.2) is 0 Å². The third-order valence-corrected chi connectivity index (χ3v) is 3.75. The molecular weight excluding hydrogens is 338 g/mol. The summed E-state index contributed by atoms with van der Waals surface area (Å²) in [6.07, 6.45) is 3.37. The molecule has 0 unspecified atom stereocenters. The largest absolute Gasteiger partial charge is 0.488 e. The lowest BCUT2D eigenvalue weighted by atomic mass is 10.2. The van der Waals surface area contributed by atoms with Gasteiger partial charge in [0.1, 0.15) is 12.4 Å². The molecule has 0 saturated carbocycles. The lowest BCUT2D eigenvalue weighted by Gasteiger charge is -2.09. The van der Waals surface area contributed by atoms with Gasteiger partial charge in [-0.1, -0.05) is 53.5 Å². The average Bonchev–Trinajstić information content (AvgIpc) is 3.21. The molecule has 4 rings (SSSR count). The molecule has 0 aliphatic carbocycles. The lowest BCUT2D eigenvalue weighted by Crippen LogP contribution is -1.96. The van der Waals surface area contributed by atoms with E-state index in [4.69, 9.17) is 9.15 Å². The number of hydrogen-bond donors (Lipinski definition) is 0. The van der Waals surface area contributed by atoms with Crippen LogP contribution in [0.5, 0.6) is 5.75 Å². The van der Waals surface area contributed by atoms with Gasteiger partial charge in [-0.15, -0.1) is 5.10 Å². The molecule has 0 N–H and O–H groups in total. The molecule has 4 aromatic rings. The zero-order chi connectivity index (χ0) is 18.3. The maximum Gasteiger partial charge on any atom is 0.294 e. The van der Waals surface area contributed by atoms with Crippen LogP contribution in [0.15, 0.2) is 83.5 Å². The van der Waals surface area contributed by atoms with E-state index >= 15 is 0 Å². The molecule has 0 aliphatic heterocycles. The van der Waals surface area contributed by atoms with Crippen LogP contribution in [0.1, 0.15) is 17.0 Å². The zero-order valence-corrected chi connectivity index (χ0v) is 14.4. The number of aromatic nitrogens is 3. The molecule has 0 bridgehead atoms. The van der Waals surface area contributed by atoms with E-state index in [0.29, 0.717) is 18.2 Å². The molecule has 27 heavy (non-hydrogen) atoms. The van der Waals surface area contributed by atoms with Crippen molar-refractivity contribution < 1.29 is 9.15 Å². The molecule has 5 heteroatoms. The van der Waals surface area contributed by atoms with E-state index in [-0.39, 0.29) is 5.89 Å². The van der Waals surface area contributed by atoms with E-state index in [9.17, 15) is 0 Å². The fourth-order valence-corrected chi connectivity index (χ4v) is 2.45. The van der Waals surface area contributed by atoms with Gasteiger partial charge in [0.15, 0.2) is 0 Å². The molecule has 0 aliphatic rings. The van der Waals surface area contributed by atoms with Crippen LogP contribution in [0.25, 0.3) is 11.5 Å². The van der Waals surface area contributed by atoms with Crippen LogP contribution < -0.4 is 4.74 Å². The smallest absolute Gasteiger partial charge is 0.294 e. The van der Waals surface area contributed by atoms with Crippen LogP contribution in [0, 0.1) is 11.8 Å². The Kier molecular flexibility index (Phi) is 4.89. The average molecular weight is 353 g/mol. The molecule has 0 spiro atoms. The molecule has 2 heterocycles. The first-order valence-corrected chi connectivity index (χ1v) is 8.40. The SMILES string of the molecule is C(#Cc1nnc(-c2ccccc2OCc2ccccc2)o1)c1cccnc1. The standard InChI is InChI=1S/C22H15N3O2/c1-2-7-18(8-3-1)16-26-20-11-5-4-10-19(20)22-25-24-21(27-22)13-12-17-9-6-14-23-15-17/h1-11,14-15H,16H2. The topological polar surface area (TPSA) is 61.0 Å². The molecule has 130 valence electrons. The maximum atomic E-state index is 5.94. The lowest BCUT2D eigenvalue weighted by molar-refractivity contribution is 0.306. The van der Waals surface area contributed by atoms with Crippen molar-refractivity contribution >= 4 is 0 Å². The van der Waals surface area contributed by atoms with Gasteiger partial charge in [0.05, 0.1) is 5.56 Å². The first-order chi connectivity index (χ1) is 13.4. The van der Waals surface area contributed by atoms with Crippen LogP contribution in [0.2, 0.25) is 0 Å². The Balaban J connectivity index is 1.54. The summed E-state index contributed by atoms with van der Waals surface area (Å²) in [5.74, 6) is 7.09. The Hall–Kier alpha value is -3.91. The van der Waals surface area contributed by atoms with E-state index in [1.807, 2.05) is 66.7 Å². The summed E-state index contributed by atoms with van der Waals surface area (Å²) in [5.41, 5.74) is 2.60. The number of rotatable bonds is 4. The second kappa shape index (κ2) is 7.98. The van der Waals surface area contributed by atoms with Crippen molar-refractivity contribution in [1.29, 1.82) is 0 Å². The molecule has 0 atom stereocenters. The number of ether oxygens (including phenoxy) is 1. The van der Waals surface area contributed by atoms with Crippen LogP contribution in [-0.4, -0.2) is 15.2 Å². The van der Waals surface area contributed by atoms with E-state index in [2.05, 4.69) is 27.0 Å². The van der Waals surface area contributed by atoms with Crippen molar-refractivity contribution in [2.75, 3.05) is 0 Å². The van der Waals surface area contributed by atoms with Gasteiger partial charge in [0.2, 0.25) is 0 Å². The third-order valence-electron chi connectivity index (χ3n) is 3.75. The van der Waals surface area contributed by atoms with Gasteiger partial charge >= 0.3 is 0 Å². The summed E-state index contributed by atoms with van der Waals surface area (Å²) >= 11 is 0. The highest BCUT2D eigenvalue weighted by Gasteiger charge is 2.12. The van der Waals surface area contributed by atoms with Crippen LogP contribution in [-0.2, 0) is 6.61 Å². The number of pyridine rings is 1. The van der Waals surface area contributed by atoms with Crippen molar-refractivity contribution in [2.24, 2.45) is 0 Å². The minimum Gasteiger partial charge on any atom is -0.488 e. The number of benzene rings is 2. The predicted molar refractivity (Wildman–Crippen MR) is 101 cm³/mol. The highest BCUT2D eigenvalue weighted by Crippen LogP contribution is 2.29. The second-order valence-electron chi connectivity index (χ2n) is 5.67. The summed E-state index contributed by atoms with van der Waals surface area (Å²) in [6, 6.07) is 21.2. The molecule has 2 aromatic heterocycles. The van der Waals surface area contributed by atoms with Crippen molar-refractivity contribution in [3.05, 3.63) is 96.1 Å².